The molecule has 0 aliphatic carbocycles. The van der Waals surface area contributed by atoms with Gasteiger partial charge < -0.3 is 0 Å². The van der Waals surface area contributed by atoms with Gasteiger partial charge in [0.15, 0.2) is 0 Å². The molecule has 0 spiro atoms. The third-order valence-corrected chi connectivity index (χ3v) is 2.76. The van der Waals surface area contributed by atoms with Crippen molar-refractivity contribution in [3.63, 3.8) is 0 Å². The van der Waals surface area contributed by atoms with E-state index in [0.29, 0.717) is 6.54 Å². The maximum atomic E-state index is 8.52. The van der Waals surface area contributed by atoms with Crippen LogP contribution in [0.1, 0.15) is 0 Å². The second kappa shape index (κ2) is 4.45. The second-order valence-electron chi connectivity index (χ2n) is 3.09. The molecular formula is C11H8IN3. The molecule has 15 heavy (non-hydrogen) atoms. The summed E-state index contributed by atoms with van der Waals surface area (Å²) in [5.74, 6) is 0. The van der Waals surface area contributed by atoms with Crippen LogP contribution in [0.2, 0.25) is 0 Å². The third kappa shape index (κ3) is 2.36. The van der Waals surface area contributed by atoms with E-state index in [-0.39, 0.29) is 0 Å². The number of nitrogens with zero attached hydrogens (tertiary/aromatic N) is 3. The van der Waals surface area contributed by atoms with Gasteiger partial charge in [0.25, 0.3) is 0 Å². The lowest BCUT2D eigenvalue weighted by Crippen LogP contribution is -1.93. The number of halogens is 1. The van der Waals surface area contributed by atoms with Crippen LogP contribution in [0.5, 0.6) is 0 Å². The Morgan fingerprint density at radius 1 is 1.27 bits per heavy atom. The van der Waals surface area contributed by atoms with E-state index in [0.717, 1.165) is 11.1 Å². The molecule has 2 rings (SSSR count). The Kier molecular flexibility index (Phi) is 3.02. The predicted octanol–water partition coefficient (Wildman–Crippen LogP) is 2.68. The first-order chi connectivity index (χ1) is 7.29. The number of aromatic nitrogens is 2. The minimum atomic E-state index is 0.296. The van der Waals surface area contributed by atoms with E-state index in [2.05, 4.69) is 58.0 Å². The first-order valence-electron chi connectivity index (χ1n) is 4.45. The summed E-state index contributed by atoms with van der Waals surface area (Å²) in [4.78, 5) is 0. The van der Waals surface area contributed by atoms with Crippen LogP contribution in [0.4, 0.5) is 0 Å². The highest BCUT2D eigenvalue weighted by Crippen LogP contribution is 2.19. The minimum absolute atomic E-state index is 0.296. The quantitative estimate of drug-likeness (QED) is 0.800. The van der Waals surface area contributed by atoms with Gasteiger partial charge in [-0.2, -0.15) is 10.4 Å². The molecule has 0 saturated carbocycles. The van der Waals surface area contributed by atoms with Gasteiger partial charge in [-0.1, -0.05) is 12.1 Å². The molecule has 1 heterocycles. The van der Waals surface area contributed by atoms with Gasteiger partial charge >= 0.3 is 0 Å². The molecule has 0 atom stereocenters. The molecule has 0 fully saturated rings. The third-order valence-electron chi connectivity index (χ3n) is 2.04. The standard InChI is InChI=1S/C11H8IN3/c12-11-3-1-9(2-4-11)10-7-14-15(8-10)6-5-13/h1-4,7-8H,6H2. The van der Waals surface area contributed by atoms with Gasteiger partial charge in [-0.05, 0) is 40.3 Å². The second-order valence-corrected chi connectivity index (χ2v) is 4.34. The smallest absolute Gasteiger partial charge is 0.128 e. The molecule has 0 unspecified atom stereocenters. The Balaban J connectivity index is 2.30. The molecule has 0 bridgehead atoms. The lowest BCUT2D eigenvalue weighted by molar-refractivity contribution is 0.710. The molecule has 1 aromatic carbocycles. The number of nitriles is 1. The first-order valence-corrected chi connectivity index (χ1v) is 5.53. The van der Waals surface area contributed by atoms with Gasteiger partial charge in [-0.15, -0.1) is 0 Å². The Bertz CT molecular complexity index is 493. The van der Waals surface area contributed by atoms with E-state index in [1.54, 1.807) is 10.9 Å². The highest BCUT2D eigenvalue weighted by molar-refractivity contribution is 14.1. The fraction of sp³-hybridized carbons (Fsp3) is 0.0909. The van der Waals surface area contributed by atoms with Crippen LogP contribution in [0.25, 0.3) is 11.1 Å². The van der Waals surface area contributed by atoms with Crippen molar-refractivity contribution in [1.82, 2.24) is 9.78 Å². The summed E-state index contributed by atoms with van der Waals surface area (Å²) in [6.45, 7) is 0.296. The minimum Gasteiger partial charge on any atom is -0.258 e. The van der Waals surface area contributed by atoms with Crippen molar-refractivity contribution in [1.29, 1.82) is 5.26 Å². The van der Waals surface area contributed by atoms with Crippen molar-refractivity contribution in [2.45, 2.75) is 6.54 Å². The van der Waals surface area contributed by atoms with E-state index in [1.807, 2.05) is 6.20 Å². The average molecular weight is 309 g/mol. The summed E-state index contributed by atoms with van der Waals surface area (Å²) in [6, 6.07) is 10.3. The molecule has 0 aliphatic rings. The van der Waals surface area contributed by atoms with E-state index >= 15 is 0 Å². The molecular weight excluding hydrogens is 301 g/mol. The van der Waals surface area contributed by atoms with Crippen molar-refractivity contribution >= 4 is 22.6 Å². The Labute approximate surface area is 101 Å². The van der Waals surface area contributed by atoms with E-state index in [9.17, 15) is 0 Å². The molecule has 0 N–H and O–H groups in total. The molecule has 1 aromatic heterocycles. The van der Waals surface area contributed by atoms with Gasteiger partial charge in [0.1, 0.15) is 6.54 Å². The van der Waals surface area contributed by atoms with E-state index < -0.39 is 0 Å². The van der Waals surface area contributed by atoms with E-state index in [4.69, 9.17) is 5.26 Å². The van der Waals surface area contributed by atoms with Crippen molar-refractivity contribution in [3.05, 3.63) is 40.2 Å². The zero-order valence-electron chi connectivity index (χ0n) is 7.89. The summed E-state index contributed by atoms with van der Waals surface area (Å²) >= 11 is 2.27. The Hall–Kier alpha value is -1.35. The number of hydrogen-bond donors (Lipinski definition) is 0. The first kappa shape index (κ1) is 10.2. The summed E-state index contributed by atoms with van der Waals surface area (Å²) in [5.41, 5.74) is 2.17. The zero-order chi connectivity index (χ0) is 10.7. The van der Waals surface area contributed by atoms with Crippen LogP contribution >= 0.6 is 22.6 Å². The average Bonchev–Trinajstić information content (AvgIpc) is 2.68. The molecule has 74 valence electrons. The van der Waals surface area contributed by atoms with Crippen molar-refractivity contribution in [2.75, 3.05) is 0 Å². The van der Waals surface area contributed by atoms with Gasteiger partial charge in [-0.25, -0.2) is 0 Å². The monoisotopic (exact) mass is 309 g/mol. The van der Waals surface area contributed by atoms with Crippen molar-refractivity contribution < 1.29 is 0 Å². The summed E-state index contributed by atoms with van der Waals surface area (Å²) in [7, 11) is 0. The molecule has 0 aliphatic heterocycles. The van der Waals surface area contributed by atoms with Gasteiger partial charge in [-0.3, -0.25) is 4.68 Å². The molecule has 0 saturated heterocycles. The van der Waals surface area contributed by atoms with Crippen LogP contribution in [-0.4, -0.2) is 9.78 Å². The molecule has 0 radical (unpaired) electrons. The maximum Gasteiger partial charge on any atom is 0.128 e. The SMILES string of the molecule is N#CCn1cc(-c2ccc(I)cc2)cn1. The lowest BCUT2D eigenvalue weighted by Gasteiger charge is -1.96. The van der Waals surface area contributed by atoms with Crippen LogP contribution < -0.4 is 0 Å². The lowest BCUT2D eigenvalue weighted by atomic mass is 10.1. The maximum absolute atomic E-state index is 8.52. The Morgan fingerprint density at radius 3 is 2.67 bits per heavy atom. The summed E-state index contributed by atoms with van der Waals surface area (Å²) in [6.07, 6.45) is 3.66. The van der Waals surface area contributed by atoms with E-state index in [1.165, 1.54) is 3.57 Å². The Morgan fingerprint density at radius 2 is 2.00 bits per heavy atom. The highest BCUT2D eigenvalue weighted by Gasteiger charge is 2.00. The fourth-order valence-electron chi connectivity index (χ4n) is 1.31. The summed E-state index contributed by atoms with van der Waals surface area (Å²) in [5, 5.41) is 12.6. The van der Waals surface area contributed by atoms with Gasteiger partial charge in [0.2, 0.25) is 0 Å². The topological polar surface area (TPSA) is 41.6 Å². The van der Waals surface area contributed by atoms with Crippen molar-refractivity contribution in [2.24, 2.45) is 0 Å². The number of hydrogen-bond acceptors (Lipinski definition) is 2. The van der Waals surface area contributed by atoms with Crippen LogP contribution in [0.15, 0.2) is 36.7 Å². The van der Waals surface area contributed by atoms with Crippen molar-refractivity contribution in [3.8, 4) is 17.2 Å². The zero-order valence-corrected chi connectivity index (χ0v) is 10.0. The molecule has 0 amide bonds. The van der Waals surface area contributed by atoms with Gasteiger partial charge in [0.05, 0.1) is 12.3 Å². The molecule has 2 aromatic rings. The number of benzene rings is 1. The predicted molar refractivity (Wildman–Crippen MR) is 66.0 cm³/mol. The number of rotatable bonds is 2. The summed E-state index contributed by atoms with van der Waals surface area (Å²) < 4.78 is 2.84. The van der Waals surface area contributed by atoms with Crippen LogP contribution in [0.3, 0.4) is 0 Å². The van der Waals surface area contributed by atoms with Crippen LogP contribution in [-0.2, 0) is 6.54 Å². The largest absolute Gasteiger partial charge is 0.258 e. The molecule has 3 nitrogen and oxygen atoms in total. The van der Waals surface area contributed by atoms with Gasteiger partial charge in [0, 0.05) is 15.3 Å². The highest BCUT2D eigenvalue weighted by atomic mass is 127. The van der Waals surface area contributed by atoms with Crippen LogP contribution in [0, 0.1) is 14.9 Å². The molecule has 4 heteroatoms. The fourth-order valence-corrected chi connectivity index (χ4v) is 1.67. The normalized spacial score (nSPS) is 9.87.